The van der Waals surface area contributed by atoms with E-state index >= 15 is 0 Å². The summed E-state index contributed by atoms with van der Waals surface area (Å²) in [5, 5.41) is 3.06. The second kappa shape index (κ2) is 6.53. The zero-order valence-electron chi connectivity index (χ0n) is 11.6. The first kappa shape index (κ1) is 14.5. The van der Waals surface area contributed by atoms with Gasteiger partial charge in [0.15, 0.2) is 0 Å². The molecule has 1 N–H and O–H groups in total. The number of carbonyl (C=O) groups is 1. The number of likely N-dealkylation sites (tertiary alicyclic amines) is 1. The highest BCUT2D eigenvalue weighted by Crippen LogP contribution is 2.16. The Morgan fingerprint density at radius 2 is 2.26 bits per heavy atom. The molecule has 19 heavy (non-hydrogen) atoms. The van der Waals surface area contributed by atoms with E-state index in [2.05, 4.69) is 33.2 Å². The first-order valence-corrected chi connectivity index (χ1v) is 7.58. The maximum atomic E-state index is 12.1. The van der Waals surface area contributed by atoms with Gasteiger partial charge in [0.2, 0.25) is 0 Å². The fourth-order valence-electron chi connectivity index (χ4n) is 2.65. The van der Waals surface area contributed by atoms with Gasteiger partial charge in [-0.1, -0.05) is 15.9 Å². The summed E-state index contributed by atoms with van der Waals surface area (Å²) in [6, 6.07) is 5.80. The Hall–Kier alpha value is -0.870. The number of piperidine rings is 1. The maximum absolute atomic E-state index is 12.1. The van der Waals surface area contributed by atoms with Crippen LogP contribution in [-0.2, 0) is 0 Å². The average molecular weight is 325 g/mol. The van der Waals surface area contributed by atoms with Crippen molar-refractivity contribution in [1.29, 1.82) is 0 Å². The lowest BCUT2D eigenvalue weighted by Crippen LogP contribution is -2.39. The number of benzene rings is 1. The lowest BCUT2D eigenvalue weighted by molar-refractivity contribution is 0.0936. The summed E-state index contributed by atoms with van der Waals surface area (Å²) < 4.78 is 0.954. The van der Waals surface area contributed by atoms with Gasteiger partial charge in [0.05, 0.1) is 0 Å². The lowest BCUT2D eigenvalue weighted by atomic mass is 9.98. The van der Waals surface area contributed by atoms with Gasteiger partial charge < -0.3 is 10.2 Å². The number of hydrogen-bond donors (Lipinski definition) is 1. The Bertz CT molecular complexity index is 441. The molecule has 0 aliphatic carbocycles. The highest BCUT2D eigenvalue weighted by atomic mass is 79.9. The van der Waals surface area contributed by atoms with Crippen molar-refractivity contribution in [2.24, 2.45) is 5.92 Å². The molecular weight excluding hydrogens is 304 g/mol. The quantitative estimate of drug-likeness (QED) is 0.927. The number of halogens is 1. The van der Waals surface area contributed by atoms with Crippen molar-refractivity contribution in [2.75, 3.05) is 26.7 Å². The average Bonchev–Trinajstić information content (AvgIpc) is 2.35. The zero-order valence-corrected chi connectivity index (χ0v) is 13.2. The van der Waals surface area contributed by atoms with Crippen molar-refractivity contribution in [3.8, 4) is 0 Å². The molecule has 1 amide bonds. The number of rotatable bonds is 3. The molecule has 1 atom stereocenters. The predicted molar refractivity (Wildman–Crippen MR) is 81.4 cm³/mol. The highest BCUT2D eigenvalue weighted by molar-refractivity contribution is 9.10. The predicted octanol–water partition coefficient (Wildman–Crippen LogP) is 2.83. The van der Waals surface area contributed by atoms with E-state index in [1.54, 1.807) is 0 Å². The first-order chi connectivity index (χ1) is 9.04. The topological polar surface area (TPSA) is 32.3 Å². The van der Waals surface area contributed by atoms with Crippen LogP contribution in [0.15, 0.2) is 22.7 Å². The largest absolute Gasteiger partial charge is 0.352 e. The minimum Gasteiger partial charge on any atom is -0.352 e. The molecule has 0 saturated carbocycles. The Labute approximate surface area is 123 Å². The minimum atomic E-state index is 0.0256. The van der Waals surface area contributed by atoms with Crippen molar-refractivity contribution >= 4 is 21.8 Å². The molecule has 1 saturated heterocycles. The van der Waals surface area contributed by atoms with Crippen LogP contribution in [0.4, 0.5) is 0 Å². The van der Waals surface area contributed by atoms with Gasteiger partial charge in [-0.3, -0.25) is 4.79 Å². The van der Waals surface area contributed by atoms with Gasteiger partial charge in [-0.05, 0) is 63.0 Å². The summed E-state index contributed by atoms with van der Waals surface area (Å²) in [6.45, 7) is 5.03. The van der Waals surface area contributed by atoms with Crippen LogP contribution in [0.1, 0.15) is 28.8 Å². The smallest absolute Gasteiger partial charge is 0.251 e. The van der Waals surface area contributed by atoms with Crippen LogP contribution < -0.4 is 5.32 Å². The van der Waals surface area contributed by atoms with Gasteiger partial charge in [-0.15, -0.1) is 0 Å². The summed E-state index contributed by atoms with van der Waals surface area (Å²) in [6.07, 6.45) is 2.44. The molecule has 0 bridgehead atoms. The monoisotopic (exact) mass is 324 g/mol. The van der Waals surface area contributed by atoms with Crippen molar-refractivity contribution < 1.29 is 4.79 Å². The molecule has 1 aromatic rings. The van der Waals surface area contributed by atoms with Gasteiger partial charge in [0.1, 0.15) is 0 Å². The van der Waals surface area contributed by atoms with Gasteiger partial charge in [-0.25, -0.2) is 0 Å². The van der Waals surface area contributed by atoms with E-state index in [-0.39, 0.29) is 5.91 Å². The molecule has 1 fully saturated rings. The molecular formula is C15H21BrN2O. The molecule has 104 valence electrons. The number of nitrogens with one attached hydrogen (secondary N) is 1. The Morgan fingerprint density at radius 3 is 2.95 bits per heavy atom. The SMILES string of the molecule is Cc1cc(Br)cc(C(=O)NCC2CCCN(C)C2)c1. The number of carbonyl (C=O) groups excluding carboxylic acids is 1. The molecule has 2 rings (SSSR count). The van der Waals surface area contributed by atoms with Gasteiger partial charge in [-0.2, -0.15) is 0 Å². The van der Waals surface area contributed by atoms with Crippen LogP contribution in [0.25, 0.3) is 0 Å². The normalized spacial score (nSPS) is 20.3. The second-order valence-electron chi connectivity index (χ2n) is 5.50. The summed E-state index contributed by atoms with van der Waals surface area (Å²) in [4.78, 5) is 14.5. The zero-order chi connectivity index (χ0) is 13.8. The molecule has 0 spiro atoms. The van der Waals surface area contributed by atoms with Crippen molar-refractivity contribution in [2.45, 2.75) is 19.8 Å². The minimum absolute atomic E-state index is 0.0256. The van der Waals surface area contributed by atoms with Crippen molar-refractivity contribution in [1.82, 2.24) is 10.2 Å². The molecule has 4 heteroatoms. The molecule has 0 aromatic heterocycles. The maximum Gasteiger partial charge on any atom is 0.251 e. The Kier molecular flexibility index (Phi) is 4.99. The first-order valence-electron chi connectivity index (χ1n) is 6.78. The third kappa shape index (κ3) is 4.32. The van der Waals surface area contributed by atoms with Crippen LogP contribution in [0, 0.1) is 12.8 Å². The summed E-state index contributed by atoms with van der Waals surface area (Å²) >= 11 is 3.43. The van der Waals surface area contributed by atoms with E-state index in [0.717, 1.165) is 28.7 Å². The van der Waals surface area contributed by atoms with E-state index < -0.39 is 0 Å². The molecule has 1 unspecified atom stereocenters. The van der Waals surface area contributed by atoms with E-state index in [0.29, 0.717) is 5.92 Å². The van der Waals surface area contributed by atoms with Gasteiger partial charge in [0.25, 0.3) is 5.91 Å². The molecule has 1 aromatic carbocycles. The summed E-state index contributed by atoms with van der Waals surface area (Å²) in [5.74, 6) is 0.605. The summed E-state index contributed by atoms with van der Waals surface area (Å²) in [7, 11) is 2.14. The van der Waals surface area contributed by atoms with Crippen LogP contribution in [0.3, 0.4) is 0 Å². The van der Waals surface area contributed by atoms with Crippen LogP contribution in [-0.4, -0.2) is 37.5 Å². The standard InChI is InChI=1S/C15H21BrN2O/c1-11-6-13(8-14(16)7-11)15(19)17-9-12-4-3-5-18(2)10-12/h6-8,12H,3-5,9-10H2,1-2H3,(H,17,19). The van der Waals surface area contributed by atoms with Crippen LogP contribution >= 0.6 is 15.9 Å². The Morgan fingerprint density at radius 1 is 1.47 bits per heavy atom. The molecule has 1 heterocycles. The summed E-state index contributed by atoms with van der Waals surface area (Å²) in [5.41, 5.74) is 1.83. The highest BCUT2D eigenvalue weighted by Gasteiger charge is 2.18. The third-order valence-corrected chi connectivity index (χ3v) is 4.04. The number of hydrogen-bond acceptors (Lipinski definition) is 2. The molecule has 1 aliphatic heterocycles. The number of amides is 1. The fraction of sp³-hybridized carbons (Fsp3) is 0.533. The van der Waals surface area contributed by atoms with E-state index in [1.807, 2.05) is 25.1 Å². The Balaban J connectivity index is 1.90. The van der Waals surface area contributed by atoms with Crippen molar-refractivity contribution in [3.05, 3.63) is 33.8 Å². The third-order valence-electron chi connectivity index (χ3n) is 3.58. The van der Waals surface area contributed by atoms with Gasteiger partial charge >= 0.3 is 0 Å². The van der Waals surface area contributed by atoms with Crippen LogP contribution in [0.5, 0.6) is 0 Å². The van der Waals surface area contributed by atoms with E-state index in [4.69, 9.17) is 0 Å². The van der Waals surface area contributed by atoms with Crippen LogP contribution in [0.2, 0.25) is 0 Å². The van der Waals surface area contributed by atoms with Crippen molar-refractivity contribution in [3.63, 3.8) is 0 Å². The van der Waals surface area contributed by atoms with Gasteiger partial charge in [0, 0.05) is 23.1 Å². The number of nitrogens with zero attached hydrogens (tertiary/aromatic N) is 1. The molecule has 1 aliphatic rings. The number of aryl methyl sites for hydroxylation is 1. The van der Waals surface area contributed by atoms with E-state index in [9.17, 15) is 4.79 Å². The molecule has 3 nitrogen and oxygen atoms in total. The lowest BCUT2D eigenvalue weighted by Gasteiger charge is -2.29. The fourth-order valence-corrected chi connectivity index (χ4v) is 3.25. The van der Waals surface area contributed by atoms with E-state index in [1.165, 1.54) is 19.4 Å². The molecule has 0 radical (unpaired) electrons. The second-order valence-corrected chi connectivity index (χ2v) is 6.41.